The molecule has 21 heteroatoms. The van der Waals surface area contributed by atoms with E-state index >= 15 is 0 Å². The summed E-state index contributed by atoms with van der Waals surface area (Å²) in [6.07, 6.45) is 0.286. The minimum absolute atomic E-state index is 0.0530. The lowest BCUT2D eigenvalue weighted by Gasteiger charge is -2.27. The number of anilines is 2. The van der Waals surface area contributed by atoms with Gasteiger partial charge in [0, 0.05) is 37.3 Å². The van der Waals surface area contributed by atoms with Gasteiger partial charge < -0.3 is 43.8 Å². The highest BCUT2D eigenvalue weighted by Gasteiger charge is 2.47. The number of nitrogens with zero attached hydrogens (tertiary/aromatic N) is 2. The molecule has 340 valence electrons. The topological polar surface area (TPSA) is 256 Å². The zero-order valence-electron chi connectivity index (χ0n) is 34.8. The highest BCUT2D eigenvalue weighted by atomic mass is 16.6. The van der Waals surface area contributed by atoms with Gasteiger partial charge in [0.05, 0.1) is 115 Å². The van der Waals surface area contributed by atoms with Crippen LogP contribution >= 0.6 is 0 Å². The van der Waals surface area contributed by atoms with Crippen LogP contribution in [0.15, 0.2) is 36.4 Å². The number of amides is 8. The van der Waals surface area contributed by atoms with Gasteiger partial charge in [-0.05, 0) is 37.1 Å². The molecule has 4 heterocycles. The molecule has 63 heavy (non-hydrogen) atoms. The van der Waals surface area contributed by atoms with E-state index in [4.69, 9.17) is 33.2 Å². The Kier molecular flexibility index (Phi) is 17.6. The van der Waals surface area contributed by atoms with Crippen LogP contribution in [0.5, 0.6) is 0 Å². The Hall–Kier alpha value is -5.68. The second-order valence-corrected chi connectivity index (χ2v) is 14.5. The molecule has 2 saturated heterocycles. The summed E-state index contributed by atoms with van der Waals surface area (Å²) in [5, 5.41) is 10.6. The maximum atomic E-state index is 13.2. The number of hydrogen-bond donors (Lipinski definition) is 4. The van der Waals surface area contributed by atoms with Crippen molar-refractivity contribution in [1.82, 2.24) is 20.4 Å². The minimum Gasteiger partial charge on any atom is -0.382 e. The van der Waals surface area contributed by atoms with Crippen LogP contribution in [0.1, 0.15) is 67.1 Å². The van der Waals surface area contributed by atoms with Gasteiger partial charge in [0.25, 0.3) is 23.6 Å². The van der Waals surface area contributed by atoms with Crippen LogP contribution in [0, 0.1) is 0 Å². The fraction of sp³-hybridized carbons (Fsp3) is 0.524. The number of rotatable bonds is 28. The second-order valence-electron chi connectivity index (χ2n) is 14.5. The molecule has 21 nitrogen and oxygen atoms in total. The Balaban J connectivity index is 0.689. The molecule has 0 aromatic heterocycles. The first kappa shape index (κ1) is 46.8. The Labute approximate surface area is 362 Å². The molecule has 0 aliphatic carbocycles. The second kappa shape index (κ2) is 23.7. The predicted molar refractivity (Wildman–Crippen MR) is 219 cm³/mol. The fourth-order valence-corrected chi connectivity index (χ4v) is 7.26. The summed E-state index contributed by atoms with van der Waals surface area (Å²) >= 11 is 0. The summed E-state index contributed by atoms with van der Waals surface area (Å²) in [4.78, 5) is 102. The largest absolute Gasteiger partial charge is 0.382 e. The zero-order valence-corrected chi connectivity index (χ0v) is 34.8. The third-order valence-corrected chi connectivity index (χ3v) is 10.3. The van der Waals surface area contributed by atoms with E-state index in [1.165, 1.54) is 0 Å². The highest BCUT2D eigenvalue weighted by molar-refractivity contribution is 6.26. The molecule has 2 unspecified atom stereocenters. The first-order chi connectivity index (χ1) is 30.7. The van der Waals surface area contributed by atoms with Crippen molar-refractivity contribution in [3.63, 3.8) is 0 Å². The Bertz CT molecular complexity index is 1870. The van der Waals surface area contributed by atoms with E-state index in [2.05, 4.69) is 21.3 Å². The number of ether oxygens (including phenoxy) is 7. The molecule has 0 bridgehead atoms. The van der Waals surface area contributed by atoms with Gasteiger partial charge in [0.2, 0.25) is 23.6 Å². The molecule has 0 spiro atoms. The lowest BCUT2D eigenvalue weighted by Crippen LogP contribution is -2.54. The van der Waals surface area contributed by atoms with Crippen LogP contribution < -0.4 is 21.3 Å². The lowest BCUT2D eigenvalue weighted by molar-refractivity contribution is -0.137. The standard InChI is InChI=1S/C42H52N6O15/c49-33-9-7-31(37(51)45-33)47-39(53)27-3-1-5-29(35(27)41(47)55)43-11-13-57-15-17-59-19-21-61-23-25-63-26-24-62-22-20-60-18-16-58-14-12-44-30-6-2-4-28-36(30)42(56)48(40(28)54)32-8-10-34(50)46-38(32)52/h1-6,31-32,43-44H,7-26H2,(H,45,49,51)(H,46,50,52). The van der Waals surface area contributed by atoms with Crippen molar-refractivity contribution in [3.05, 3.63) is 58.7 Å². The highest BCUT2D eigenvalue weighted by Crippen LogP contribution is 2.33. The Morgan fingerprint density at radius 1 is 0.444 bits per heavy atom. The SMILES string of the molecule is O=C1CCC(N2C(=O)c3cccc(NCCOCCOCCOCCOCCOCCOCCOCCNc4cccc5c4C(=O)N(C4CCC(=O)NC4=O)C5=O)c3C2=O)C(=O)N1. The van der Waals surface area contributed by atoms with E-state index < -0.39 is 59.3 Å². The molecule has 2 aromatic carbocycles. The number of benzene rings is 2. The first-order valence-electron chi connectivity index (χ1n) is 20.9. The zero-order chi connectivity index (χ0) is 44.6. The quantitative estimate of drug-likeness (QED) is 0.0655. The molecule has 4 aliphatic rings. The van der Waals surface area contributed by atoms with Crippen LogP contribution in [-0.2, 0) is 52.3 Å². The van der Waals surface area contributed by atoms with Gasteiger partial charge in [-0.3, -0.25) is 58.8 Å². The van der Waals surface area contributed by atoms with Crippen molar-refractivity contribution >= 4 is 58.6 Å². The van der Waals surface area contributed by atoms with Gasteiger partial charge in [-0.25, -0.2) is 0 Å². The number of piperidine rings is 2. The number of carbonyl (C=O) groups excluding carboxylic acids is 8. The predicted octanol–water partition coefficient (Wildman–Crippen LogP) is 0.129. The molecule has 8 amide bonds. The smallest absolute Gasteiger partial charge is 0.264 e. The normalized spacial score (nSPS) is 18.5. The number of carbonyl (C=O) groups is 8. The van der Waals surface area contributed by atoms with Crippen molar-refractivity contribution < 1.29 is 71.5 Å². The van der Waals surface area contributed by atoms with Crippen molar-refractivity contribution in [3.8, 4) is 0 Å². The van der Waals surface area contributed by atoms with Crippen molar-refractivity contribution in [2.75, 3.05) is 116 Å². The maximum Gasteiger partial charge on any atom is 0.264 e. The van der Waals surface area contributed by atoms with E-state index in [1.54, 1.807) is 36.4 Å². The molecular formula is C42H52N6O15. The van der Waals surface area contributed by atoms with E-state index in [0.717, 1.165) is 9.80 Å². The van der Waals surface area contributed by atoms with Crippen LogP contribution in [0.3, 0.4) is 0 Å². The van der Waals surface area contributed by atoms with Gasteiger partial charge >= 0.3 is 0 Å². The summed E-state index contributed by atoms with van der Waals surface area (Å²) in [6.45, 7) is 5.97. The van der Waals surface area contributed by atoms with Crippen LogP contribution in [0.4, 0.5) is 11.4 Å². The van der Waals surface area contributed by atoms with Gasteiger partial charge in [0.15, 0.2) is 0 Å². The summed E-state index contributed by atoms with van der Waals surface area (Å²) < 4.78 is 38.7. The molecule has 4 N–H and O–H groups in total. The third-order valence-electron chi connectivity index (χ3n) is 10.3. The summed E-state index contributed by atoms with van der Waals surface area (Å²) in [5.74, 6) is -4.44. The van der Waals surface area contributed by atoms with Crippen LogP contribution in [0.25, 0.3) is 0 Å². The van der Waals surface area contributed by atoms with Gasteiger partial charge in [-0.1, -0.05) is 12.1 Å². The number of nitrogens with one attached hydrogen (secondary N) is 4. The molecule has 0 saturated carbocycles. The first-order valence-corrected chi connectivity index (χ1v) is 20.9. The van der Waals surface area contributed by atoms with Crippen LogP contribution in [0.2, 0.25) is 0 Å². The molecule has 0 radical (unpaired) electrons. The summed E-state index contributed by atoms with van der Waals surface area (Å²) in [6, 6.07) is 7.71. The number of fused-ring (bicyclic) bond motifs is 2. The van der Waals surface area contributed by atoms with Crippen LogP contribution in [-0.4, -0.2) is 175 Å². The van der Waals surface area contributed by atoms with Gasteiger partial charge in [-0.15, -0.1) is 0 Å². The monoisotopic (exact) mass is 880 g/mol. The number of imide groups is 4. The van der Waals surface area contributed by atoms with Gasteiger partial charge in [0.1, 0.15) is 12.1 Å². The van der Waals surface area contributed by atoms with Crippen molar-refractivity contribution in [2.24, 2.45) is 0 Å². The number of hydrogen-bond acceptors (Lipinski definition) is 17. The average molecular weight is 881 g/mol. The Morgan fingerprint density at radius 2 is 0.762 bits per heavy atom. The average Bonchev–Trinajstić information content (AvgIpc) is 3.68. The minimum atomic E-state index is -1.03. The van der Waals surface area contributed by atoms with E-state index in [9.17, 15) is 38.4 Å². The Morgan fingerprint density at radius 3 is 1.08 bits per heavy atom. The third kappa shape index (κ3) is 12.3. The molecule has 6 rings (SSSR count). The van der Waals surface area contributed by atoms with E-state index in [0.29, 0.717) is 117 Å². The summed E-state index contributed by atoms with van der Waals surface area (Å²) in [7, 11) is 0. The van der Waals surface area contributed by atoms with E-state index in [-0.39, 0.29) is 47.9 Å². The molecule has 2 atom stereocenters. The summed E-state index contributed by atoms with van der Waals surface area (Å²) in [5.41, 5.74) is 1.72. The molecule has 4 aliphatic heterocycles. The van der Waals surface area contributed by atoms with Gasteiger partial charge in [-0.2, -0.15) is 0 Å². The molecule has 2 fully saturated rings. The van der Waals surface area contributed by atoms with E-state index in [1.807, 2.05) is 0 Å². The van der Waals surface area contributed by atoms with Crippen molar-refractivity contribution in [2.45, 2.75) is 37.8 Å². The molecular weight excluding hydrogens is 828 g/mol. The maximum absolute atomic E-state index is 13.2. The fourth-order valence-electron chi connectivity index (χ4n) is 7.26. The van der Waals surface area contributed by atoms with Crippen molar-refractivity contribution in [1.29, 1.82) is 0 Å². The molecule has 2 aromatic rings. The lowest BCUT2D eigenvalue weighted by atomic mass is 10.0.